The normalized spacial score (nSPS) is 13.4. The summed E-state index contributed by atoms with van der Waals surface area (Å²) in [7, 11) is 0. The SMILES string of the molecule is CCN(CC)c1ccc(NCCC(=O)Nc2ccc(N3CCCC3)cc2)cc1. The van der Waals surface area contributed by atoms with Gasteiger partial charge in [-0.1, -0.05) is 0 Å². The van der Waals surface area contributed by atoms with E-state index in [0.717, 1.165) is 37.6 Å². The Morgan fingerprint density at radius 1 is 0.929 bits per heavy atom. The van der Waals surface area contributed by atoms with Crippen LogP contribution in [0.2, 0.25) is 0 Å². The van der Waals surface area contributed by atoms with Crippen molar-refractivity contribution >= 4 is 28.7 Å². The van der Waals surface area contributed by atoms with E-state index in [1.807, 2.05) is 12.1 Å². The Hall–Kier alpha value is -2.69. The molecule has 0 aliphatic carbocycles. The fourth-order valence-corrected chi connectivity index (χ4v) is 3.65. The minimum absolute atomic E-state index is 0.0289. The lowest BCUT2D eigenvalue weighted by molar-refractivity contribution is -0.115. The number of carbonyl (C=O) groups excluding carboxylic acids is 1. The van der Waals surface area contributed by atoms with Gasteiger partial charge in [0.05, 0.1) is 0 Å². The number of benzene rings is 2. The molecule has 1 aliphatic heterocycles. The molecule has 1 amide bonds. The summed E-state index contributed by atoms with van der Waals surface area (Å²) < 4.78 is 0. The molecule has 0 saturated carbocycles. The third-order valence-electron chi connectivity index (χ3n) is 5.30. The van der Waals surface area contributed by atoms with Crippen LogP contribution >= 0.6 is 0 Å². The Morgan fingerprint density at radius 3 is 2.14 bits per heavy atom. The van der Waals surface area contributed by atoms with E-state index < -0.39 is 0 Å². The van der Waals surface area contributed by atoms with Gasteiger partial charge in [0.2, 0.25) is 5.91 Å². The lowest BCUT2D eigenvalue weighted by atomic mass is 10.2. The first-order valence-electron chi connectivity index (χ1n) is 10.4. The summed E-state index contributed by atoms with van der Waals surface area (Å²) in [5.41, 5.74) is 4.37. The van der Waals surface area contributed by atoms with Gasteiger partial charge in [0.15, 0.2) is 0 Å². The van der Waals surface area contributed by atoms with Gasteiger partial charge in [0.1, 0.15) is 0 Å². The molecule has 2 aromatic carbocycles. The standard InChI is InChI=1S/C23H32N4O/c1-3-26(4-2)21-11-7-19(8-12-21)24-16-15-23(28)25-20-9-13-22(14-10-20)27-17-5-6-18-27/h7-14,24H,3-6,15-18H2,1-2H3,(H,25,28). The zero-order valence-electron chi connectivity index (χ0n) is 17.1. The van der Waals surface area contributed by atoms with Gasteiger partial charge in [-0.05, 0) is 75.2 Å². The predicted octanol–water partition coefficient (Wildman–Crippen LogP) is 4.57. The molecule has 150 valence electrons. The van der Waals surface area contributed by atoms with E-state index in [4.69, 9.17) is 0 Å². The highest BCUT2D eigenvalue weighted by Crippen LogP contribution is 2.22. The predicted molar refractivity (Wildman–Crippen MR) is 120 cm³/mol. The summed E-state index contributed by atoms with van der Waals surface area (Å²) in [5.74, 6) is 0.0289. The number of rotatable bonds is 9. The maximum atomic E-state index is 12.2. The quantitative estimate of drug-likeness (QED) is 0.669. The highest BCUT2D eigenvalue weighted by Gasteiger charge is 2.12. The minimum Gasteiger partial charge on any atom is -0.385 e. The van der Waals surface area contributed by atoms with E-state index in [2.05, 4.69) is 70.7 Å². The number of nitrogens with zero attached hydrogens (tertiary/aromatic N) is 2. The number of nitrogens with one attached hydrogen (secondary N) is 2. The van der Waals surface area contributed by atoms with Crippen LogP contribution < -0.4 is 20.4 Å². The first-order valence-corrected chi connectivity index (χ1v) is 10.4. The summed E-state index contributed by atoms with van der Waals surface area (Å²) in [4.78, 5) is 16.9. The van der Waals surface area contributed by atoms with E-state index in [0.29, 0.717) is 13.0 Å². The van der Waals surface area contributed by atoms with Gasteiger partial charge in [-0.2, -0.15) is 0 Å². The molecule has 0 atom stereocenters. The summed E-state index contributed by atoms with van der Waals surface area (Å²) in [6, 6.07) is 16.6. The molecule has 1 saturated heterocycles. The molecule has 28 heavy (non-hydrogen) atoms. The van der Waals surface area contributed by atoms with Gasteiger partial charge >= 0.3 is 0 Å². The van der Waals surface area contributed by atoms with Crippen LogP contribution in [0.1, 0.15) is 33.1 Å². The largest absolute Gasteiger partial charge is 0.385 e. The van der Waals surface area contributed by atoms with Gasteiger partial charge in [-0.15, -0.1) is 0 Å². The van der Waals surface area contributed by atoms with Crippen molar-refractivity contribution in [3.63, 3.8) is 0 Å². The van der Waals surface area contributed by atoms with Crippen molar-refractivity contribution in [2.75, 3.05) is 53.2 Å². The monoisotopic (exact) mass is 380 g/mol. The van der Waals surface area contributed by atoms with Crippen LogP contribution in [-0.4, -0.2) is 38.6 Å². The second kappa shape index (κ2) is 10.0. The number of anilines is 4. The van der Waals surface area contributed by atoms with Gasteiger partial charge in [-0.3, -0.25) is 4.79 Å². The van der Waals surface area contributed by atoms with Crippen molar-refractivity contribution in [2.45, 2.75) is 33.1 Å². The minimum atomic E-state index is 0.0289. The van der Waals surface area contributed by atoms with Crippen molar-refractivity contribution in [3.05, 3.63) is 48.5 Å². The van der Waals surface area contributed by atoms with Gasteiger partial charge in [0.25, 0.3) is 0 Å². The molecule has 1 fully saturated rings. The average molecular weight is 381 g/mol. The van der Waals surface area contributed by atoms with E-state index in [9.17, 15) is 4.79 Å². The Morgan fingerprint density at radius 2 is 1.54 bits per heavy atom. The number of amides is 1. The van der Waals surface area contributed by atoms with E-state index in [1.165, 1.54) is 24.2 Å². The number of carbonyl (C=O) groups is 1. The fourth-order valence-electron chi connectivity index (χ4n) is 3.65. The molecule has 5 nitrogen and oxygen atoms in total. The van der Waals surface area contributed by atoms with Crippen LogP contribution in [0.25, 0.3) is 0 Å². The molecule has 0 aromatic heterocycles. The van der Waals surface area contributed by atoms with Gasteiger partial charge in [0, 0.05) is 61.9 Å². The molecular weight excluding hydrogens is 348 g/mol. The zero-order valence-corrected chi connectivity index (χ0v) is 17.1. The molecule has 3 rings (SSSR count). The van der Waals surface area contributed by atoms with Crippen molar-refractivity contribution in [1.29, 1.82) is 0 Å². The van der Waals surface area contributed by atoms with Crippen molar-refractivity contribution in [1.82, 2.24) is 0 Å². The first kappa shape index (κ1) is 20.1. The molecule has 2 N–H and O–H groups in total. The van der Waals surface area contributed by atoms with E-state index in [-0.39, 0.29) is 5.91 Å². The van der Waals surface area contributed by atoms with Crippen LogP contribution in [0.5, 0.6) is 0 Å². The maximum Gasteiger partial charge on any atom is 0.226 e. The van der Waals surface area contributed by atoms with Gasteiger partial charge < -0.3 is 20.4 Å². The second-order valence-corrected chi connectivity index (χ2v) is 7.19. The Kier molecular flexibility index (Phi) is 7.18. The Balaban J connectivity index is 1.41. The molecule has 5 heteroatoms. The summed E-state index contributed by atoms with van der Waals surface area (Å²) in [6.07, 6.45) is 2.97. The first-order chi connectivity index (χ1) is 13.7. The smallest absolute Gasteiger partial charge is 0.226 e. The topological polar surface area (TPSA) is 47.6 Å². The summed E-state index contributed by atoms with van der Waals surface area (Å²) in [5, 5.41) is 6.30. The highest BCUT2D eigenvalue weighted by molar-refractivity contribution is 5.91. The van der Waals surface area contributed by atoms with E-state index >= 15 is 0 Å². The van der Waals surface area contributed by atoms with Crippen LogP contribution in [0.15, 0.2) is 48.5 Å². The van der Waals surface area contributed by atoms with Crippen LogP contribution in [0, 0.1) is 0 Å². The lowest BCUT2D eigenvalue weighted by Gasteiger charge is -2.21. The van der Waals surface area contributed by atoms with Crippen molar-refractivity contribution in [2.24, 2.45) is 0 Å². The van der Waals surface area contributed by atoms with Crippen molar-refractivity contribution < 1.29 is 4.79 Å². The lowest BCUT2D eigenvalue weighted by Crippen LogP contribution is -2.21. The second-order valence-electron chi connectivity index (χ2n) is 7.19. The van der Waals surface area contributed by atoms with Crippen molar-refractivity contribution in [3.8, 4) is 0 Å². The van der Waals surface area contributed by atoms with Gasteiger partial charge in [-0.25, -0.2) is 0 Å². The van der Waals surface area contributed by atoms with Crippen LogP contribution in [-0.2, 0) is 4.79 Å². The third-order valence-corrected chi connectivity index (χ3v) is 5.30. The van der Waals surface area contributed by atoms with Crippen LogP contribution in [0.3, 0.4) is 0 Å². The van der Waals surface area contributed by atoms with Crippen LogP contribution in [0.4, 0.5) is 22.7 Å². The van der Waals surface area contributed by atoms with E-state index in [1.54, 1.807) is 0 Å². The fraction of sp³-hybridized carbons (Fsp3) is 0.435. The average Bonchev–Trinajstić information content (AvgIpc) is 3.25. The Labute approximate surface area is 168 Å². The summed E-state index contributed by atoms with van der Waals surface area (Å²) >= 11 is 0. The molecule has 1 heterocycles. The number of hydrogen-bond donors (Lipinski definition) is 2. The zero-order chi connectivity index (χ0) is 19.8. The highest BCUT2D eigenvalue weighted by atomic mass is 16.1. The molecule has 0 radical (unpaired) electrons. The molecule has 0 unspecified atom stereocenters. The third kappa shape index (κ3) is 5.41. The molecule has 0 spiro atoms. The Bertz CT molecular complexity index is 732. The molecule has 1 aliphatic rings. The molecular formula is C23H32N4O. The number of hydrogen-bond acceptors (Lipinski definition) is 4. The molecule has 0 bridgehead atoms. The maximum absolute atomic E-state index is 12.2. The molecule has 2 aromatic rings. The summed E-state index contributed by atoms with van der Waals surface area (Å²) in [6.45, 7) is 9.20.